The molecule has 1 amide bonds. The van der Waals surface area contributed by atoms with Crippen molar-refractivity contribution in [3.63, 3.8) is 0 Å². The lowest BCUT2D eigenvalue weighted by Crippen LogP contribution is -2.51. The summed E-state index contributed by atoms with van der Waals surface area (Å²) in [6, 6.07) is 8.07. The highest BCUT2D eigenvalue weighted by Crippen LogP contribution is 2.29. The molecular weight excluding hydrogens is 368 g/mol. The summed E-state index contributed by atoms with van der Waals surface area (Å²) in [5.74, 6) is 1.08. The molecule has 1 aliphatic carbocycles. The van der Waals surface area contributed by atoms with Gasteiger partial charge in [-0.25, -0.2) is 0 Å². The Morgan fingerprint density at radius 3 is 2.50 bits per heavy atom. The van der Waals surface area contributed by atoms with Gasteiger partial charge >= 0.3 is 0 Å². The Bertz CT molecular complexity index is 700. The predicted octanol–water partition coefficient (Wildman–Crippen LogP) is 5.33. The van der Waals surface area contributed by atoms with E-state index >= 15 is 0 Å². The third-order valence-electron chi connectivity index (χ3n) is 5.93. The first-order chi connectivity index (χ1) is 13.5. The van der Waals surface area contributed by atoms with Gasteiger partial charge in [0.05, 0.1) is 6.04 Å². The molecule has 0 unspecified atom stereocenters. The van der Waals surface area contributed by atoms with E-state index in [1.54, 1.807) is 0 Å². The van der Waals surface area contributed by atoms with Crippen molar-refractivity contribution in [2.75, 3.05) is 19.6 Å². The van der Waals surface area contributed by atoms with Gasteiger partial charge in [-0.3, -0.25) is 4.79 Å². The van der Waals surface area contributed by atoms with E-state index in [0.717, 1.165) is 56.8 Å². The lowest BCUT2D eigenvalue weighted by Gasteiger charge is -2.35. The number of nitrogens with one attached hydrogen (secondary N) is 1. The number of carbonyl (C=O) groups excluding carboxylic acids is 1. The number of hydrogen-bond donors (Lipinski definition) is 1. The van der Waals surface area contributed by atoms with E-state index in [2.05, 4.69) is 54.4 Å². The van der Waals surface area contributed by atoms with Gasteiger partial charge in [0.25, 0.3) is 0 Å². The predicted molar refractivity (Wildman–Crippen MR) is 118 cm³/mol. The standard InChI is InChI=1S/C24H33ClN2O/c1-18(2)23(26-15-12-19-6-4-3-5-7-19)24(28)27-16-13-21(14-17-27)20-8-10-22(25)11-9-20/h4,6-11,18,21,23,26H,3,5,12-17H2,1-2H3/t23-/m1/s1. The van der Waals surface area contributed by atoms with Crippen LogP contribution in [0.4, 0.5) is 0 Å². The van der Waals surface area contributed by atoms with E-state index in [9.17, 15) is 4.79 Å². The number of amides is 1. The molecule has 1 fully saturated rings. The molecule has 1 N–H and O–H groups in total. The van der Waals surface area contributed by atoms with Crippen molar-refractivity contribution in [3.8, 4) is 0 Å². The van der Waals surface area contributed by atoms with E-state index in [0.29, 0.717) is 5.92 Å². The number of piperidine rings is 1. The van der Waals surface area contributed by atoms with Crippen molar-refractivity contribution in [1.29, 1.82) is 0 Å². The average molecular weight is 401 g/mol. The van der Waals surface area contributed by atoms with Gasteiger partial charge < -0.3 is 10.2 Å². The van der Waals surface area contributed by atoms with Crippen LogP contribution in [0.15, 0.2) is 48.1 Å². The number of benzene rings is 1. The summed E-state index contributed by atoms with van der Waals surface area (Å²) in [5.41, 5.74) is 2.72. The number of allylic oxidation sites excluding steroid dienone is 3. The zero-order valence-electron chi connectivity index (χ0n) is 17.2. The Morgan fingerprint density at radius 2 is 1.89 bits per heavy atom. The average Bonchev–Trinajstić information content (AvgIpc) is 2.72. The molecule has 1 atom stereocenters. The first kappa shape index (κ1) is 21.1. The molecule has 28 heavy (non-hydrogen) atoms. The minimum atomic E-state index is -0.0970. The topological polar surface area (TPSA) is 32.3 Å². The minimum Gasteiger partial charge on any atom is -0.341 e. The SMILES string of the molecule is CC(C)[C@@H](NCCC1=CCCC=C1)C(=O)N1CCC(c2ccc(Cl)cc2)CC1. The smallest absolute Gasteiger partial charge is 0.239 e. The highest BCUT2D eigenvalue weighted by atomic mass is 35.5. The Balaban J connectivity index is 1.50. The molecule has 4 heteroatoms. The maximum Gasteiger partial charge on any atom is 0.239 e. The van der Waals surface area contributed by atoms with Crippen LogP contribution in [0.2, 0.25) is 5.02 Å². The Labute approximate surface area is 174 Å². The van der Waals surface area contributed by atoms with Crippen LogP contribution in [0.1, 0.15) is 57.4 Å². The molecule has 1 aromatic rings. The van der Waals surface area contributed by atoms with Gasteiger partial charge in [-0.1, -0.05) is 61.4 Å². The third kappa shape index (κ3) is 5.71. The molecule has 1 aromatic carbocycles. The van der Waals surface area contributed by atoms with Crippen LogP contribution in [0.25, 0.3) is 0 Å². The maximum absolute atomic E-state index is 13.1. The monoisotopic (exact) mass is 400 g/mol. The summed E-state index contributed by atoms with van der Waals surface area (Å²) in [6.45, 7) is 6.80. The molecule has 1 saturated heterocycles. The molecule has 3 rings (SSSR count). The van der Waals surface area contributed by atoms with Gasteiger partial charge in [-0.05, 0) is 68.2 Å². The van der Waals surface area contributed by atoms with Gasteiger partial charge in [-0.2, -0.15) is 0 Å². The second-order valence-electron chi connectivity index (χ2n) is 8.34. The van der Waals surface area contributed by atoms with Crippen LogP contribution in [-0.2, 0) is 4.79 Å². The zero-order valence-corrected chi connectivity index (χ0v) is 17.9. The fraction of sp³-hybridized carbons (Fsp3) is 0.542. The largest absolute Gasteiger partial charge is 0.341 e. The number of hydrogen-bond acceptors (Lipinski definition) is 2. The number of nitrogens with zero attached hydrogens (tertiary/aromatic N) is 1. The van der Waals surface area contributed by atoms with Crippen LogP contribution in [0, 0.1) is 5.92 Å². The van der Waals surface area contributed by atoms with Gasteiger partial charge in [0, 0.05) is 18.1 Å². The van der Waals surface area contributed by atoms with E-state index < -0.39 is 0 Å². The Morgan fingerprint density at radius 1 is 1.18 bits per heavy atom. The fourth-order valence-corrected chi connectivity index (χ4v) is 4.32. The summed E-state index contributed by atoms with van der Waals surface area (Å²) in [6.07, 6.45) is 12.1. The molecule has 0 spiro atoms. The lowest BCUT2D eigenvalue weighted by atomic mass is 9.89. The number of halogens is 1. The summed E-state index contributed by atoms with van der Waals surface area (Å²) < 4.78 is 0. The van der Waals surface area contributed by atoms with Crippen molar-refractivity contribution in [3.05, 3.63) is 58.7 Å². The van der Waals surface area contributed by atoms with Gasteiger partial charge in [-0.15, -0.1) is 0 Å². The minimum absolute atomic E-state index is 0.0970. The number of carbonyl (C=O) groups is 1. The normalized spacial score (nSPS) is 19.0. The second-order valence-corrected chi connectivity index (χ2v) is 8.77. The van der Waals surface area contributed by atoms with E-state index in [-0.39, 0.29) is 17.9 Å². The quantitative estimate of drug-likeness (QED) is 0.671. The summed E-state index contributed by atoms with van der Waals surface area (Å²) in [7, 11) is 0. The van der Waals surface area contributed by atoms with Crippen LogP contribution in [0.3, 0.4) is 0 Å². The van der Waals surface area contributed by atoms with Gasteiger partial charge in [0.2, 0.25) is 5.91 Å². The van der Waals surface area contributed by atoms with Crippen LogP contribution in [-0.4, -0.2) is 36.5 Å². The summed E-state index contributed by atoms with van der Waals surface area (Å²) in [5, 5.41) is 4.31. The highest BCUT2D eigenvalue weighted by Gasteiger charge is 2.30. The van der Waals surface area contributed by atoms with Crippen LogP contribution < -0.4 is 5.32 Å². The third-order valence-corrected chi connectivity index (χ3v) is 6.18. The van der Waals surface area contributed by atoms with Crippen molar-refractivity contribution in [2.45, 2.75) is 57.9 Å². The van der Waals surface area contributed by atoms with E-state index in [4.69, 9.17) is 11.6 Å². The van der Waals surface area contributed by atoms with Crippen molar-refractivity contribution in [1.82, 2.24) is 10.2 Å². The van der Waals surface area contributed by atoms with Crippen molar-refractivity contribution < 1.29 is 4.79 Å². The van der Waals surface area contributed by atoms with Gasteiger partial charge in [0.15, 0.2) is 0 Å². The van der Waals surface area contributed by atoms with Gasteiger partial charge in [0.1, 0.15) is 0 Å². The van der Waals surface area contributed by atoms with Crippen LogP contribution >= 0.6 is 11.6 Å². The first-order valence-electron chi connectivity index (χ1n) is 10.7. The van der Waals surface area contributed by atoms with E-state index in [1.165, 1.54) is 11.1 Å². The fourth-order valence-electron chi connectivity index (χ4n) is 4.20. The molecule has 0 saturated carbocycles. The molecule has 0 bridgehead atoms. The second kappa shape index (κ2) is 10.3. The lowest BCUT2D eigenvalue weighted by molar-refractivity contribution is -0.135. The summed E-state index contributed by atoms with van der Waals surface area (Å²) in [4.78, 5) is 15.2. The molecule has 0 aromatic heterocycles. The zero-order chi connectivity index (χ0) is 19.9. The molecule has 1 aliphatic heterocycles. The van der Waals surface area contributed by atoms with Crippen molar-refractivity contribution in [2.24, 2.45) is 5.92 Å². The number of likely N-dealkylation sites (tertiary alicyclic amines) is 1. The molecule has 0 radical (unpaired) electrons. The molecule has 152 valence electrons. The Hall–Kier alpha value is -1.58. The highest BCUT2D eigenvalue weighted by molar-refractivity contribution is 6.30. The van der Waals surface area contributed by atoms with Crippen molar-refractivity contribution >= 4 is 17.5 Å². The van der Waals surface area contributed by atoms with Crippen LogP contribution in [0.5, 0.6) is 0 Å². The van der Waals surface area contributed by atoms with E-state index in [1.807, 2.05) is 12.1 Å². The summed E-state index contributed by atoms with van der Waals surface area (Å²) >= 11 is 6.00. The first-order valence-corrected chi connectivity index (χ1v) is 11.1. The molecule has 2 aliphatic rings. The molecule has 1 heterocycles. The number of rotatable bonds is 7. The maximum atomic E-state index is 13.1. The molecule has 3 nitrogen and oxygen atoms in total. The Kier molecular flexibility index (Phi) is 7.75. The molecular formula is C24H33ClN2O.